The number of aliphatic hydroxyl groups is 1. The maximum Gasteiger partial charge on any atom is 0.230 e. The van der Waals surface area contributed by atoms with Crippen molar-refractivity contribution in [3.8, 4) is 0 Å². The van der Waals surface area contributed by atoms with Crippen LogP contribution in [0, 0.1) is 5.41 Å². The van der Waals surface area contributed by atoms with E-state index in [9.17, 15) is 14.7 Å². The zero-order valence-corrected chi connectivity index (χ0v) is 12.8. The summed E-state index contributed by atoms with van der Waals surface area (Å²) in [6.45, 7) is 3.63. The van der Waals surface area contributed by atoms with Gasteiger partial charge in [0.25, 0.3) is 0 Å². The lowest BCUT2D eigenvalue weighted by atomic mass is 10.1. The highest BCUT2D eigenvalue weighted by molar-refractivity contribution is 5.85. The smallest absolute Gasteiger partial charge is 0.230 e. The van der Waals surface area contributed by atoms with Gasteiger partial charge in [-0.2, -0.15) is 5.10 Å². The van der Waals surface area contributed by atoms with Crippen molar-refractivity contribution in [1.29, 1.82) is 0 Å². The second-order valence-electron chi connectivity index (χ2n) is 6.35. The number of aliphatic hydroxyl groups excluding tert-OH is 1. The van der Waals surface area contributed by atoms with Gasteiger partial charge in [-0.15, -0.1) is 0 Å². The number of β-amino-alcohol motifs (C(OH)–C–C–N with tert-alkyl or cyclic N) is 1. The lowest BCUT2D eigenvalue weighted by molar-refractivity contribution is -0.138. The molecule has 2 heterocycles. The van der Waals surface area contributed by atoms with Gasteiger partial charge in [0.15, 0.2) is 0 Å². The van der Waals surface area contributed by atoms with E-state index in [4.69, 9.17) is 0 Å². The van der Waals surface area contributed by atoms with Crippen LogP contribution in [0.3, 0.4) is 0 Å². The first-order valence-corrected chi connectivity index (χ1v) is 7.71. The molecule has 0 bridgehead atoms. The zero-order valence-electron chi connectivity index (χ0n) is 12.8. The first-order chi connectivity index (χ1) is 10.5. The standard InChI is InChI=1S/C15H22N4O3/c1-12(20)17-7-8-18(10-13(21)9-17)14(22)15(3-4-15)11-19-6-2-5-16-19/h2,5-6,13,21H,3-4,7-11H2,1H3. The molecule has 1 N–H and O–H groups in total. The second-order valence-corrected chi connectivity index (χ2v) is 6.35. The van der Waals surface area contributed by atoms with Crippen LogP contribution in [0.15, 0.2) is 18.5 Å². The molecule has 3 rings (SSSR count). The Morgan fingerprint density at radius 2 is 1.95 bits per heavy atom. The number of hydrogen-bond acceptors (Lipinski definition) is 4. The second kappa shape index (κ2) is 5.72. The van der Waals surface area contributed by atoms with Crippen LogP contribution < -0.4 is 0 Å². The Labute approximate surface area is 129 Å². The summed E-state index contributed by atoms with van der Waals surface area (Å²) in [5, 5.41) is 14.2. The van der Waals surface area contributed by atoms with Gasteiger partial charge in [0, 0.05) is 45.5 Å². The van der Waals surface area contributed by atoms with E-state index in [1.165, 1.54) is 6.92 Å². The Bertz CT molecular complexity index is 553. The SMILES string of the molecule is CC(=O)N1CCN(C(=O)C2(Cn3cccn3)CC2)CC(O)C1. The zero-order chi connectivity index (χ0) is 15.7. The van der Waals surface area contributed by atoms with Crippen molar-refractivity contribution < 1.29 is 14.7 Å². The molecule has 120 valence electrons. The Morgan fingerprint density at radius 1 is 1.27 bits per heavy atom. The van der Waals surface area contributed by atoms with Crippen LogP contribution in [0.2, 0.25) is 0 Å². The van der Waals surface area contributed by atoms with Crippen LogP contribution >= 0.6 is 0 Å². The van der Waals surface area contributed by atoms with E-state index in [2.05, 4.69) is 5.10 Å². The van der Waals surface area contributed by atoms with Crippen molar-refractivity contribution in [2.24, 2.45) is 5.41 Å². The molecule has 2 aliphatic rings. The number of hydrogen-bond donors (Lipinski definition) is 1. The quantitative estimate of drug-likeness (QED) is 0.833. The highest BCUT2D eigenvalue weighted by Gasteiger charge is 2.52. The minimum absolute atomic E-state index is 0.0639. The Morgan fingerprint density at radius 3 is 2.55 bits per heavy atom. The lowest BCUT2D eigenvalue weighted by Gasteiger charge is -2.26. The Hall–Kier alpha value is -1.89. The van der Waals surface area contributed by atoms with Crippen molar-refractivity contribution in [1.82, 2.24) is 19.6 Å². The number of amides is 2. The topological polar surface area (TPSA) is 78.7 Å². The fourth-order valence-electron chi connectivity index (χ4n) is 3.09. The fourth-order valence-corrected chi connectivity index (χ4v) is 3.09. The third-order valence-electron chi connectivity index (χ3n) is 4.57. The van der Waals surface area contributed by atoms with E-state index in [1.54, 1.807) is 20.7 Å². The molecule has 1 atom stereocenters. The molecule has 1 saturated heterocycles. The molecule has 1 unspecified atom stereocenters. The molecular weight excluding hydrogens is 284 g/mol. The van der Waals surface area contributed by atoms with Crippen LogP contribution in [-0.2, 0) is 16.1 Å². The summed E-state index contributed by atoms with van der Waals surface area (Å²) in [7, 11) is 0. The molecule has 1 aromatic rings. The van der Waals surface area contributed by atoms with Gasteiger partial charge in [-0.05, 0) is 18.9 Å². The normalized spacial score (nSPS) is 24.0. The predicted octanol–water partition coefficient (Wildman–Crippen LogP) is -0.285. The molecule has 0 spiro atoms. The van der Waals surface area contributed by atoms with Crippen molar-refractivity contribution in [3.05, 3.63) is 18.5 Å². The third kappa shape index (κ3) is 2.99. The van der Waals surface area contributed by atoms with Crippen molar-refractivity contribution in [2.75, 3.05) is 26.2 Å². The van der Waals surface area contributed by atoms with E-state index in [0.29, 0.717) is 32.7 Å². The van der Waals surface area contributed by atoms with Crippen molar-refractivity contribution in [3.63, 3.8) is 0 Å². The van der Waals surface area contributed by atoms with Crippen molar-refractivity contribution >= 4 is 11.8 Å². The minimum atomic E-state index is -0.684. The van der Waals surface area contributed by atoms with Crippen LogP contribution in [0.1, 0.15) is 19.8 Å². The summed E-state index contributed by atoms with van der Waals surface area (Å²) in [4.78, 5) is 27.7. The first kappa shape index (κ1) is 15.0. The molecule has 1 saturated carbocycles. The highest BCUT2D eigenvalue weighted by Crippen LogP contribution is 2.48. The van der Waals surface area contributed by atoms with Crippen LogP contribution in [-0.4, -0.2) is 68.8 Å². The average Bonchev–Trinajstić information content (AvgIpc) is 3.13. The molecule has 2 fully saturated rings. The molecule has 1 aromatic heterocycles. The molecule has 2 amide bonds. The molecule has 22 heavy (non-hydrogen) atoms. The first-order valence-electron chi connectivity index (χ1n) is 7.71. The molecule has 1 aliphatic heterocycles. The maximum atomic E-state index is 12.9. The third-order valence-corrected chi connectivity index (χ3v) is 4.57. The van der Waals surface area contributed by atoms with Gasteiger partial charge < -0.3 is 14.9 Å². The van der Waals surface area contributed by atoms with E-state index >= 15 is 0 Å². The van der Waals surface area contributed by atoms with Gasteiger partial charge in [0.05, 0.1) is 18.1 Å². The highest BCUT2D eigenvalue weighted by atomic mass is 16.3. The maximum absolute atomic E-state index is 12.9. The summed E-state index contributed by atoms with van der Waals surface area (Å²) < 4.78 is 1.79. The van der Waals surface area contributed by atoms with Gasteiger partial charge >= 0.3 is 0 Å². The molecule has 0 aromatic carbocycles. The summed E-state index contributed by atoms with van der Waals surface area (Å²) in [6, 6.07) is 1.85. The largest absolute Gasteiger partial charge is 0.389 e. The molecular formula is C15H22N4O3. The lowest BCUT2D eigenvalue weighted by Crippen LogP contribution is -2.43. The minimum Gasteiger partial charge on any atom is -0.389 e. The molecule has 0 radical (unpaired) electrons. The monoisotopic (exact) mass is 306 g/mol. The molecule has 7 heteroatoms. The molecule has 1 aliphatic carbocycles. The van der Waals surface area contributed by atoms with Crippen LogP contribution in [0.5, 0.6) is 0 Å². The van der Waals surface area contributed by atoms with Gasteiger partial charge in [-0.25, -0.2) is 0 Å². The summed E-state index contributed by atoms with van der Waals surface area (Å²) in [5.74, 6) is 0.0125. The van der Waals surface area contributed by atoms with E-state index in [1.807, 2.05) is 12.3 Å². The number of nitrogens with zero attached hydrogens (tertiary/aromatic N) is 4. The van der Waals surface area contributed by atoms with E-state index < -0.39 is 6.10 Å². The number of rotatable bonds is 3. The summed E-state index contributed by atoms with van der Waals surface area (Å²) in [6.07, 6.45) is 4.60. The molecule has 7 nitrogen and oxygen atoms in total. The van der Waals surface area contributed by atoms with Crippen molar-refractivity contribution in [2.45, 2.75) is 32.4 Å². The Balaban J connectivity index is 1.68. The number of carbonyl (C=O) groups excluding carboxylic acids is 2. The predicted molar refractivity (Wildman–Crippen MR) is 78.7 cm³/mol. The van der Waals surface area contributed by atoms with Gasteiger partial charge in [-0.1, -0.05) is 0 Å². The summed E-state index contributed by atoms with van der Waals surface area (Å²) >= 11 is 0. The fraction of sp³-hybridized carbons (Fsp3) is 0.667. The van der Waals surface area contributed by atoms with E-state index in [0.717, 1.165) is 12.8 Å². The van der Waals surface area contributed by atoms with Gasteiger partial charge in [-0.3, -0.25) is 14.3 Å². The van der Waals surface area contributed by atoms with Crippen LogP contribution in [0.25, 0.3) is 0 Å². The van der Waals surface area contributed by atoms with E-state index in [-0.39, 0.29) is 17.2 Å². The van der Waals surface area contributed by atoms with Gasteiger partial charge in [0.1, 0.15) is 0 Å². The number of carbonyl (C=O) groups is 2. The van der Waals surface area contributed by atoms with Gasteiger partial charge in [0.2, 0.25) is 11.8 Å². The number of aromatic nitrogens is 2. The Kier molecular flexibility index (Phi) is 3.90. The average molecular weight is 306 g/mol. The van der Waals surface area contributed by atoms with Crippen LogP contribution in [0.4, 0.5) is 0 Å². The summed E-state index contributed by atoms with van der Waals surface area (Å²) in [5.41, 5.74) is -0.378.